The molecule has 0 saturated heterocycles. The molecule has 0 aliphatic heterocycles. The predicted octanol–water partition coefficient (Wildman–Crippen LogP) is 3.77. The fourth-order valence-electron chi connectivity index (χ4n) is 1.25. The molecular formula is C13H20ClN3O2. The van der Waals surface area contributed by atoms with Gasteiger partial charge >= 0.3 is 6.09 Å². The monoisotopic (exact) mass is 285 g/mol. The van der Waals surface area contributed by atoms with Crippen molar-refractivity contribution < 1.29 is 9.53 Å². The Balaban J connectivity index is 2.91. The summed E-state index contributed by atoms with van der Waals surface area (Å²) >= 11 is 5.93. The van der Waals surface area contributed by atoms with Crippen LogP contribution in [0.5, 0.6) is 0 Å². The number of nitrogens with one attached hydrogen (secondary N) is 1. The van der Waals surface area contributed by atoms with E-state index >= 15 is 0 Å². The Hall–Kier alpha value is -1.36. The van der Waals surface area contributed by atoms with E-state index in [1.54, 1.807) is 26.8 Å². The van der Waals surface area contributed by atoms with E-state index < -0.39 is 11.7 Å². The molecule has 0 saturated carbocycles. The molecule has 1 heterocycles. The van der Waals surface area contributed by atoms with Crippen molar-refractivity contribution in [1.29, 1.82) is 0 Å². The van der Waals surface area contributed by atoms with Crippen molar-refractivity contribution in [2.24, 2.45) is 0 Å². The molecule has 19 heavy (non-hydrogen) atoms. The molecule has 0 fully saturated rings. The maximum atomic E-state index is 11.6. The van der Waals surface area contributed by atoms with Gasteiger partial charge in [0.05, 0.1) is 5.69 Å². The number of rotatable bonds is 1. The molecule has 1 aromatic heterocycles. The van der Waals surface area contributed by atoms with Gasteiger partial charge in [-0.2, -0.15) is 0 Å². The summed E-state index contributed by atoms with van der Waals surface area (Å²) in [4.78, 5) is 19.9. The lowest BCUT2D eigenvalue weighted by atomic mass is 9.92. The zero-order valence-corrected chi connectivity index (χ0v) is 12.9. The molecular weight excluding hydrogens is 266 g/mol. The van der Waals surface area contributed by atoms with Crippen LogP contribution in [0.3, 0.4) is 0 Å². The first-order valence-corrected chi connectivity index (χ1v) is 6.40. The Morgan fingerprint density at radius 3 is 2.26 bits per heavy atom. The van der Waals surface area contributed by atoms with Gasteiger partial charge in [-0.25, -0.2) is 14.8 Å². The lowest BCUT2D eigenvalue weighted by molar-refractivity contribution is 0.0634. The Morgan fingerprint density at radius 1 is 1.21 bits per heavy atom. The molecule has 0 aromatic carbocycles. The fourth-order valence-corrected chi connectivity index (χ4v) is 1.44. The van der Waals surface area contributed by atoms with Gasteiger partial charge in [0.2, 0.25) is 5.95 Å². The minimum atomic E-state index is -0.602. The van der Waals surface area contributed by atoms with Crippen molar-refractivity contribution in [3.63, 3.8) is 0 Å². The fraction of sp³-hybridized carbons (Fsp3) is 0.615. The molecule has 1 aromatic rings. The quantitative estimate of drug-likeness (QED) is 0.798. The van der Waals surface area contributed by atoms with Crippen LogP contribution in [0.2, 0.25) is 5.15 Å². The smallest absolute Gasteiger partial charge is 0.414 e. The van der Waals surface area contributed by atoms with Gasteiger partial charge in [-0.05, 0) is 26.8 Å². The third-order valence-electron chi connectivity index (χ3n) is 2.08. The molecule has 6 heteroatoms. The molecule has 5 nitrogen and oxygen atoms in total. The van der Waals surface area contributed by atoms with E-state index in [1.165, 1.54) is 0 Å². The zero-order chi connectivity index (χ0) is 14.8. The van der Waals surface area contributed by atoms with Gasteiger partial charge in [-0.15, -0.1) is 0 Å². The first-order chi connectivity index (χ1) is 8.47. The lowest BCUT2D eigenvalue weighted by Crippen LogP contribution is -2.28. The molecule has 1 rings (SSSR count). The van der Waals surface area contributed by atoms with Crippen LogP contribution in [0.1, 0.15) is 47.2 Å². The second kappa shape index (κ2) is 5.33. The van der Waals surface area contributed by atoms with Crippen LogP contribution >= 0.6 is 11.6 Å². The Labute approximate surface area is 118 Å². The summed E-state index contributed by atoms with van der Waals surface area (Å²) in [5.74, 6) is 0.145. The molecule has 0 radical (unpaired) electrons. The average Bonchev–Trinajstić information content (AvgIpc) is 2.11. The van der Waals surface area contributed by atoms with Gasteiger partial charge in [0.25, 0.3) is 0 Å². The lowest BCUT2D eigenvalue weighted by Gasteiger charge is -2.20. The van der Waals surface area contributed by atoms with Crippen LogP contribution in [-0.4, -0.2) is 21.7 Å². The standard InChI is InChI=1S/C13H20ClN3O2/c1-12(2,3)8-7-9(14)16-10(15-8)17-11(18)19-13(4,5)6/h7H,1-6H3,(H,15,16,17,18). The minimum Gasteiger partial charge on any atom is -0.444 e. The molecule has 1 amide bonds. The number of carbonyl (C=O) groups excluding carboxylic acids is 1. The van der Waals surface area contributed by atoms with Gasteiger partial charge < -0.3 is 4.74 Å². The number of aromatic nitrogens is 2. The number of hydrogen-bond acceptors (Lipinski definition) is 4. The Bertz CT molecular complexity index is 476. The van der Waals surface area contributed by atoms with Crippen molar-refractivity contribution in [2.45, 2.75) is 52.6 Å². The van der Waals surface area contributed by atoms with Crippen LogP contribution in [-0.2, 0) is 10.2 Å². The summed E-state index contributed by atoms with van der Waals surface area (Å²) in [6.07, 6.45) is -0.602. The SMILES string of the molecule is CC(C)(C)OC(=O)Nc1nc(Cl)cc(C(C)(C)C)n1. The van der Waals surface area contributed by atoms with Crippen molar-refractivity contribution in [3.8, 4) is 0 Å². The van der Waals surface area contributed by atoms with E-state index in [-0.39, 0.29) is 16.5 Å². The Kier molecular flexibility index (Phi) is 4.40. The zero-order valence-electron chi connectivity index (χ0n) is 12.2. The van der Waals surface area contributed by atoms with Gasteiger partial charge in [-0.1, -0.05) is 32.4 Å². The number of nitrogens with zero attached hydrogens (tertiary/aromatic N) is 2. The van der Waals surface area contributed by atoms with Gasteiger partial charge in [0.1, 0.15) is 10.8 Å². The van der Waals surface area contributed by atoms with Gasteiger partial charge in [0.15, 0.2) is 0 Å². The second-order valence-electron chi connectivity index (χ2n) is 6.28. The largest absolute Gasteiger partial charge is 0.444 e. The van der Waals surface area contributed by atoms with Crippen molar-refractivity contribution in [2.75, 3.05) is 5.32 Å². The number of anilines is 1. The summed E-state index contributed by atoms with van der Waals surface area (Å²) in [6, 6.07) is 1.68. The molecule has 0 unspecified atom stereocenters. The van der Waals surface area contributed by atoms with Gasteiger partial charge in [0, 0.05) is 5.41 Å². The van der Waals surface area contributed by atoms with E-state index in [1.807, 2.05) is 20.8 Å². The maximum Gasteiger partial charge on any atom is 0.414 e. The number of halogens is 1. The van der Waals surface area contributed by atoms with E-state index in [0.29, 0.717) is 0 Å². The summed E-state index contributed by atoms with van der Waals surface area (Å²) in [7, 11) is 0. The first-order valence-electron chi connectivity index (χ1n) is 6.02. The van der Waals surface area contributed by atoms with Crippen LogP contribution in [0.25, 0.3) is 0 Å². The number of amides is 1. The van der Waals surface area contributed by atoms with E-state index in [9.17, 15) is 4.79 Å². The maximum absolute atomic E-state index is 11.6. The van der Waals surface area contributed by atoms with E-state index in [2.05, 4.69) is 15.3 Å². The van der Waals surface area contributed by atoms with Crippen molar-refractivity contribution >= 4 is 23.6 Å². The third-order valence-corrected chi connectivity index (χ3v) is 2.27. The summed E-state index contributed by atoms with van der Waals surface area (Å²) in [5, 5.41) is 2.77. The van der Waals surface area contributed by atoms with Crippen LogP contribution in [0, 0.1) is 0 Å². The number of carbonyl (C=O) groups is 1. The molecule has 0 aliphatic carbocycles. The van der Waals surface area contributed by atoms with Crippen LogP contribution in [0.4, 0.5) is 10.7 Å². The molecule has 0 atom stereocenters. The number of ether oxygens (including phenoxy) is 1. The average molecular weight is 286 g/mol. The topological polar surface area (TPSA) is 64.1 Å². The van der Waals surface area contributed by atoms with Crippen LogP contribution in [0.15, 0.2) is 6.07 Å². The molecule has 0 spiro atoms. The van der Waals surface area contributed by atoms with E-state index in [0.717, 1.165) is 5.69 Å². The highest BCUT2D eigenvalue weighted by Crippen LogP contribution is 2.23. The molecule has 1 N–H and O–H groups in total. The highest BCUT2D eigenvalue weighted by molar-refractivity contribution is 6.29. The van der Waals surface area contributed by atoms with Crippen molar-refractivity contribution in [3.05, 3.63) is 16.9 Å². The summed E-state index contributed by atoms with van der Waals surface area (Å²) in [6.45, 7) is 11.4. The number of hydrogen-bond donors (Lipinski definition) is 1. The molecule has 0 bridgehead atoms. The summed E-state index contributed by atoms with van der Waals surface area (Å²) < 4.78 is 5.13. The predicted molar refractivity (Wildman–Crippen MR) is 75.6 cm³/mol. The Morgan fingerprint density at radius 2 is 1.79 bits per heavy atom. The molecule has 0 aliphatic rings. The molecule has 106 valence electrons. The minimum absolute atomic E-state index is 0.145. The van der Waals surface area contributed by atoms with Gasteiger partial charge in [-0.3, -0.25) is 5.32 Å². The third kappa shape index (κ3) is 5.42. The van der Waals surface area contributed by atoms with Crippen LogP contribution < -0.4 is 5.32 Å². The normalized spacial score (nSPS) is 12.2. The highest BCUT2D eigenvalue weighted by Gasteiger charge is 2.20. The highest BCUT2D eigenvalue weighted by atomic mass is 35.5. The first kappa shape index (κ1) is 15.7. The second-order valence-corrected chi connectivity index (χ2v) is 6.66. The van der Waals surface area contributed by atoms with Crippen molar-refractivity contribution in [1.82, 2.24) is 9.97 Å². The van der Waals surface area contributed by atoms with E-state index in [4.69, 9.17) is 16.3 Å². The summed E-state index contributed by atoms with van der Waals surface area (Å²) in [5.41, 5.74) is -0.00882.